The molecule has 0 spiro atoms. The van der Waals surface area contributed by atoms with Crippen molar-refractivity contribution in [1.82, 2.24) is 0 Å². The summed E-state index contributed by atoms with van der Waals surface area (Å²) < 4.78 is 56.7. The SMILES string of the molecule is FC(F)(Br)C(F)(F)C(F)(Br)Br. The van der Waals surface area contributed by atoms with E-state index in [0.29, 0.717) is 0 Å². The lowest BCUT2D eigenvalue weighted by Crippen LogP contribution is -2.46. The third-order valence-corrected chi connectivity index (χ3v) is 2.21. The van der Waals surface area contributed by atoms with Gasteiger partial charge in [-0.2, -0.15) is 17.6 Å². The summed E-state index contributed by atoms with van der Waals surface area (Å²) in [5, 5.41) is 0. The van der Waals surface area contributed by atoms with Crippen LogP contribution >= 0.6 is 47.8 Å². The van der Waals surface area contributed by atoms with Crippen LogP contribution < -0.4 is 0 Å². The molecular formula is C3Br3F5. The van der Waals surface area contributed by atoms with Gasteiger partial charge in [-0.3, -0.25) is 0 Å². The van der Waals surface area contributed by atoms with Gasteiger partial charge in [0, 0.05) is 0 Å². The van der Waals surface area contributed by atoms with Crippen molar-refractivity contribution in [1.29, 1.82) is 0 Å². The monoisotopic (exact) mass is 368 g/mol. The van der Waals surface area contributed by atoms with E-state index in [-0.39, 0.29) is 0 Å². The van der Waals surface area contributed by atoms with Gasteiger partial charge in [-0.15, -0.1) is 0 Å². The molecule has 0 aromatic heterocycles. The summed E-state index contributed by atoms with van der Waals surface area (Å²) in [6.07, 6.45) is 0. The average molecular weight is 371 g/mol. The highest BCUT2D eigenvalue weighted by Crippen LogP contribution is 2.53. The Morgan fingerprint density at radius 2 is 1.00 bits per heavy atom. The van der Waals surface area contributed by atoms with Gasteiger partial charge in [-0.25, -0.2) is 4.39 Å². The molecule has 0 heterocycles. The Morgan fingerprint density at radius 3 is 1.00 bits per heavy atom. The maximum Gasteiger partial charge on any atom is 0.373 e. The van der Waals surface area contributed by atoms with Gasteiger partial charge in [0.2, 0.25) is 0 Å². The summed E-state index contributed by atoms with van der Waals surface area (Å²) in [4.78, 5) is -4.61. The standard InChI is InChI=1S/C3Br3F5/c4-2(5,9)1(7,8)3(6,10)11. The molecule has 0 amide bonds. The normalized spacial score (nSPS) is 15.3. The fraction of sp³-hybridized carbons (Fsp3) is 1.00. The van der Waals surface area contributed by atoms with E-state index in [1.165, 1.54) is 15.9 Å². The molecule has 8 heteroatoms. The smallest absolute Gasteiger partial charge is 0.211 e. The lowest BCUT2D eigenvalue weighted by molar-refractivity contribution is -0.170. The summed E-state index contributed by atoms with van der Waals surface area (Å²) in [5.41, 5.74) is 0. The molecule has 0 aromatic carbocycles. The molecule has 0 atom stereocenters. The predicted octanol–water partition coefficient (Wildman–Crippen LogP) is 4.02. The maximum absolute atomic E-state index is 12.2. The van der Waals surface area contributed by atoms with Gasteiger partial charge in [0.1, 0.15) is 0 Å². The summed E-state index contributed by atoms with van der Waals surface area (Å²) in [7, 11) is 0. The van der Waals surface area contributed by atoms with E-state index in [1.54, 1.807) is 31.9 Å². The topological polar surface area (TPSA) is 0 Å². The summed E-state index contributed by atoms with van der Waals surface area (Å²) in [6, 6.07) is 0. The predicted molar refractivity (Wildman–Crippen MR) is 40.5 cm³/mol. The summed E-state index contributed by atoms with van der Waals surface area (Å²) in [6.45, 7) is 0. The van der Waals surface area contributed by atoms with Gasteiger partial charge in [0.05, 0.1) is 0 Å². The zero-order valence-corrected chi connectivity index (χ0v) is 9.28. The fourth-order valence-corrected chi connectivity index (χ4v) is 1.46. The van der Waals surface area contributed by atoms with E-state index < -0.39 is 14.2 Å². The van der Waals surface area contributed by atoms with Crippen LogP contribution in [0.4, 0.5) is 22.0 Å². The van der Waals surface area contributed by atoms with Crippen molar-refractivity contribution < 1.29 is 22.0 Å². The minimum Gasteiger partial charge on any atom is -0.211 e. The van der Waals surface area contributed by atoms with E-state index in [9.17, 15) is 22.0 Å². The van der Waals surface area contributed by atoms with Crippen LogP contribution in [0, 0.1) is 0 Å². The van der Waals surface area contributed by atoms with Gasteiger partial charge < -0.3 is 0 Å². The van der Waals surface area contributed by atoms with Crippen LogP contribution in [0.2, 0.25) is 0 Å². The van der Waals surface area contributed by atoms with Gasteiger partial charge in [0.25, 0.3) is 3.49 Å². The molecule has 0 fully saturated rings. The molecule has 0 aliphatic carbocycles. The van der Waals surface area contributed by atoms with Crippen LogP contribution in [0.5, 0.6) is 0 Å². The van der Waals surface area contributed by atoms with Crippen molar-refractivity contribution in [2.24, 2.45) is 0 Å². The largest absolute Gasteiger partial charge is 0.373 e. The minimum absolute atomic E-state index is 1.35. The van der Waals surface area contributed by atoms with Crippen LogP contribution in [0.15, 0.2) is 0 Å². The van der Waals surface area contributed by atoms with Crippen molar-refractivity contribution in [2.45, 2.75) is 14.2 Å². The number of rotatable bonds is 2. The minimum atomic E-state index is -4.88. The fourth-order valence-electron chi connectivity index (χ4n) is 0.161. The first-order valence-electron chi connectivity index (χ1n) is 2.01. The summed E-state index contributed by atoms with van der Waals surface area (Å²) >= 11 is 4.80. The van der Waals surface area contributed by atoms with E-state index in [0.717, 1.165) is 0 Å². The molecule has 11 heavy (non-hydrogen) atoms. The van der Waals surface area contributed by atoms with Crippen LogP contribution in [0.1, 0.15) is 0 Å². The number of hydrogen-bond acceptors (Lipinski definition) is 0. The van der Waals surface area contributed by atoms with Crippen LogP contribution in [0.3, 0.4) is 0 Å². The number of halogens is 8. The highest BCUT2D eigenvalue weighted by molar-refractivity contribution is 9.25. The lowest BCUT2D eigenvalue weighted by atomic mass is 10.4. The lowest BCUT2D eigenvalue weighted by Gasteiger charge is -2.26. The van der Waals surface area contributed by atoms with Crippen molar-refractivity contribution in [2.75, 3.05) is 0 Å². The second kappa shape index (κ2) is 3.10. The van der Waals surface area contributed by atoms with E-state index in [1.807, 2.05) is 0 Å². The third-order valence-electron chi connectivity index (χ3n) is 0.712. The molecular weight excluding hydrogens is 371 g/mol. The molecule has 0 saturated heterocycles. The third kappa shape index (κ3) is 2.51. The molecule has 0 saturated carbocycles. The quantitative estimate of drug-likeness (QED) is 0.509. The molecule has 0 radical (unpaired) electrons. The number of alkyl halides is 8. The molecule has 0 bridgehead atoms. The molecule has 0 aliphatic rings. The Labute approximate surface area is 83.9 Å². The van der Waals surface area contributed by atoms with Crippen LogP contribution in [-0.2, 0) is 0 Å². The van der Waals surface area contributed by atoms with Crippen molar-refractivity contribution in [3.63, 3.8) is 0 Å². The molecule has 0 rings (SSSR count). The van der Waals surface area contributed by atoms with E-state index in [2.05, 4.69) is 0 Å². The first-order chi connectivity index (χ1) is 4.50. The zero-order chi connectivity index (χ0) is 9.50. The van der Waals surface area contributed by atoms with Crippen LogP contribution in [-0.4, -0.2) is 14.2 Å². The first-order valence-corrected chi connectivity index (χ1v) is 4.39. The Bertz CT molecular complexity index is 128. The van der Waals surface area contributed by atoms with Gasteiger partial charge in [-0.1, -0.05) is 0 Å². The molecule has 0 N–H and O–H groups in total. The van der Waals surface area contributed by atoms with Gasteiger partial charge in [-0.05, 0) is 47.8 Å². The van der Waals surface area contributed by atoms with Gasteiger partial charge >= 0.3 is 10.8 Å². The Morgan fingerprint density at radius 1 is 0.727 bits per heavy atom. The van der Waals surface area contributed by atoms with Crippen molar-refractivity contribution >= 4 is 47.8 Å². The Balaban J connectivity index is 4.75. The molecule has 0 unspecified atom stereocenters. The first kappa shape index (κ1) is 12.1. The van der Waals surface area contributed by atoms with Gasteiger partial charge in [0.15, 0.2) is 0 Å². The second-order valence-corrected chi connectivity index (χ2v) is 5.82. The van der Waals surface area contributed by atoms with Crippen LogP contribution in [0.25, 0.3) is 0 Å². The number of hydrogen-bond donors (Lipinski definition) is 0. The molecule has 0 aliphatic heterocycles. The highest BCUT2D eigenvalue weighted by Gasteiger charge is 2.67. The highest BCUT2D eigenvalue weighted by atomic mass is 79.9. The molecule has 68 valence electrons. The molecule has 0 nitrogen and oxygen atoms in total. The van der Waals surface area contributed by atoms with Crippen molar-refractivity contribution in [3.05, 3.63) is 0 Å². The molecule has 0 aromatic rings. The maximum atomic E-state index is 12.2. The van der Waals surface area contributed by atoms with E-state index >= 15 is 0 Å². The zero-order valence-electron chi connectivity index (χ0n) is 4.52. The second-order valence-electron chi connectivity index (χ2n) is 1.57. The Hall–Kier alpha value is 1.09. The summed E-state index contributed by atoms with van der Waals surface area (Å²) in [5.74, 6) is -4.88. The van der Waals surface area contributed by atoms with Crippen molar-refractivity contribution in [3.8, 4) is 0 Å². The average Bonchev–Trinajstić information content (AvgIpc) is 1.58. The Kier molecular flexibility index (Phi) is 3.41. The van der Waals surface area contributed by atoms with E-state index in [4.69, 9.17) is 0 Å².